The monoisotopic (exact) mass is 415 g/mol. The lowest BCUT2D eigenvalue weighted by atomic mass is 10.2. The normalized spacial score (nSPS) is 15.8. The summed E-state index contributed by atoms with van der Waals surface area (Å²) in [6.45, 7) is 5.72. The average molecular weight is 416 g/mol. The Bertz CT molecular complexity index is 786. The van der Waals surface area contributed by atoms with E-state index in [9.17, 15) is 9.90 Å². The van der Waals surface area contributed by atoms with Gasteiger partial charge in [-0.3, -0.25) is 9.69 Å². The standard InChI is InChI=1S/C21H29N5O2S/c1-2-22-21(24-15-20(28)25-16-7-9-17(27)10-8-16)23-14-18(19-6-5-13-29-19)26-11-3-4-12-26/h5-10,13,18,27H,2-4,11-12,14-15H2,1H3,(H,25,28)(H2,22,23,24). The molecule has 0 radical (unpaired) electrons. The Morgan fingerprint density at radius 3 is 2.62 bits per heavy atom. The third kappa shape index (κ3) is 6.47. The van der Waals surface area contributed by atoms with Gasteiger partial charge in [-0.25, -0.2) is 4.99 Å². The lowest BCUT2D eigenvalue weighted by Crippen LogP contribution is -2.43. The second kappa shape index (κ2) is 10.8. The van der Waals surface area contributed by atoms with Crippen LogP contribution in [0.15, 0.2) is 46.8 Å². The van der Waals surface area contributed by atoms with Crippen LogP contribution < -0.4 is 16.0 Å². The molecule has 1 unspecified atom stereocenters. The van der Waals surface area contributed by atoms with Gasteiger partial charge in [0.2, 0.25) is 5.91 Å². The maximum Gasteiger partial charge on any atom is 0.246 e. The van der Waals surface area contributed by atoms with Gasteiger partial charge in [-0.2, -0.15) is 0 Å². The minimum atomic E-state index is -0.206. The summed E-state index contributed by atoms with van der Waals surface area (Å²) in [6, 6.07) is 11.0. The SMILES string of the molecule is CCNC(=NCC(=O)Nc1ccc(O)cc1)NCC(c1cccs1)N1CCCC1. The number of carbonyl (C=O) groups is 1. The van der Waals surface area contributed by atoms with Gasteiger partial charge >= 0.3 is 0 Å². The second-order valence-corrected chi connectivity index (χ2v) is 7.92. The summed E-state index contributed by atoms with van der Waals surface area (Å²) in [4.78, 5) is 20.5. The second-order valence-electron chi connectivity index (χ2n) is 6.95. The maximum absolute atomic E-state index is 12.2. The molecule has 1 atom stereocenters. The minimum Gasteiger partial charge on any atom is -0.508 e. The molecule has 4 N–H and O–H groups in total. The fourth-order valence-electron chi connectivity index (χ4n) is 3.38. The number of anilines is 1. The van der Waals surface area contributed by atoms with Crippen LogP contribution in [0, 0.1) is 0 Å². The number of phenolic OH excluding ortho intramolecular Hbond substituents is 1. The first-order valence-electron chi connectivity index (χ1n) is 10.0. The van der Waals surface area contributed by atoms with Crippen LogP contribution in [0.4, 0.5) is 5.69 Å². The predicted octanol–water partition coefficient (Wildman–Crippen LogP) is 2.78. The van der Waals surface area contributed by atoms with Gasteiger partial charge in [0.1, 0.15) is 12.3 Å². The summed E-state index contributed by atoms with van der Waals surface area (Å²) < 4.78 is 0. The number of guanidine groups is 1. The van der Waals surface area contributed by atoms with E-state index in [0.717, 1.165) is 26.2 Å². The first kappa shape index (κ1) is 21.1. The van der Waals surface area contributed by atoms with Crippen LogP contribution in [0.5, 0.6) is 5.75 Å². The van der Waals surface area contributed by atoms with Crippen LogP contribution in [0.25, 0.3) is 0 Å². The molecule has 0 bridgehead atoms. The maximum atomic E-state index is 12.2. The molecule has 0 spiro atoms. The largest absolute Gasteiger partial charge is 0.508 e. The predicted molar refractivity (Wildman–Crippen MR) is 119 cm³/mol. The molecule has 1 saturated heterocycles. The first-order chi connectivity index (χ1) is 14.2. The lowest BCUT2D eigenvalue weighted by Gasteiger charge is -2.27. The van der Waals surface area contributed by atoms with Gasteiger partial charge in [0.05, 0.1) is 6.04 Å². The number of thiophene rings is 1. The third-order valence-corrected chi connectivity index (χ3v) is 5.77. The molecule has 3 rings (SSSR count). The Labute approximate surface area is 175 Å². The fraction of sp³-hybridized carbons (Fsp3) is 0.429. The summed E-state index contributed by atoms with van der Waals surface area (Å²) in [6.07, 6.45) is 2.49. The van der Waals surface area contributed by atoms with Gasteiger partial charge in [-0.15, -0.1) is 11.3 Å². The van der Waals surface area contributed by atoms with E-state index in [1.54, 1.807) is 23.5 Å². The zero-order chi connectivity index (χ0) is 20.5. The molecule has 156 valence electrons. The number of rotatable bonds is 8. The van der Waals surface area contributed by atoms with Crippen molar-refractivity contribution in [2.75, 3.05) is 38.0 Å². The number of aromatic hydroxyl groups is 1. The number of hydrogen-bond donors (Lipinski definition) is 4. The lowest BCUT2D eigenvalue weighted by molar-refractivity contribution is -0.114. The number of nitrogens with zero attached hydrogens (tertiary/aromatic N) is 2. The Balaban J connectivity index is 1.57. The quantitative estimate of drug-likeness (QED) is 0.302. The molecule has 2 heterocycles. The molecule has 1 aliphatic rings. The van der Waals surface area contributed by atoms with Gasteiger partial charge < -0.3 is 21.1 Å². The molecule has 1 aliphatic heterocycles. The highest BCUT2D eigenvalue weighted by Gasteiger charge is 2.24. The molecular formula is C21H29N5O2S. The van der Waals surface area contributed by atoms with Crippen LogP contribution in [0.1, 0.15) is 30.7 Å². The molecular weight excluding hydrogens is 386 g/mol. The molecule has 1 aromatic carbocycles. The topological polar surface area (TPSA) is 89.0 Å². The van der Waals surface area contributed by atoms with Crippen molar-refractivity contribution in [3.05, 3.63) is 46.7 Å². The molecule has 8 heteroatoms. The summed E-state index contributed by atoms with van der Waals surface area (Å²) in [5, 5.41) is 20.8. The van der Waals surface area contributed by atoms with Gasteiger partial charge in [0.25, 0.3) is 0 Å². The molecule has 1 aromatic heterocycles. The van der Waals surface area contributed by atoms with Gasteiger partial charge in [0, 0.05) is 23.7 Å². The van der Waals surface area contributed by atoms with Crippen molar-refractivity contribution in [1.29, 1.82) is 0 Å². The number of amides is 1. The van der Waals surface area contributed by atoms with Crippen molar-refractivity contribution in [2.24, 2.45) is 4.99 Å². The molecule has 0 saturated carbocycles. The van der Waals surface area contributed by atoms with E-state index in [2.05, 4.69) is 43.4 Å². The molecule has 0 aliphatic carbocycles. The van der Waals surface area contributed by atoms with Crippen molar-refractivity contribution in [2.45, 2.75) is 25.8 Å². The van der Waals surface area contributed by atoms with E-state index in [0.29, 0.717) is 17.7 Å². The molecule has 7 nitrogen and oxygen atoms in total. The van der Waals surface area contributed by atoms with Crippen LogP contribution in [0.3, 0.4) is 0 Å². The van der Waals surface area contributed by atoms with Crippen LogP contribution in [-0.4, -0.2) is 54.6 Å². The van der Waals surface area contributed by atoms with Crippen molar-refractivity contribution in [3.63, 3.8) is 0 Å². The summed E-state index contributed by atoms with van der Waals surface area (Å²) in [5.74, 6) is 0.592. The first-order valence-corrected chi connectivity index (χ1v) is 10.9. The molecule has 2 aromatic rings. The number of phenols is 1. The van der Waals surface area contributed by atoms with E-state index in [1.165, 1.54) is 29.9 Å². The Kier molecular flexibility index (Phi) is 7.89. The number of aliphatic imine (C=N–C) groups is 1. The van der Waals surface area contributed by atoms with Crippen LogP contribution in [0.2, 0.25) is 0 Å². The smallest absolute Gasteiger partial charge is 0.246 e. The van der Waals surface area contributed by atoms with E-state index < -0.39 is 0 Å². The Hall–Kier alpha value is -2.58. The minimum absolute atomic E-state index is 0.0175. The van der Waals surface area contributed by atoms with Gasteiger partial charge in [-0.05, 0) is 68.6 Å². The van der Waals surface area contributed by atoms with E-state index >= 15 is 0 Å². The Morgan fingerprint density at radius 1 is 1.21 bits per heavy atom. The zero-order valence-electron chi connectivity index (χ0n) is 16.7. The number of hydrogen-bond acceptors (Lipinski definition) is 5. The highest BCUT2D eigenvalue weighted by Crippen LogP contribution is 2.27. The van der Waals surface area contributed by atoms with Crippen molar-refractivity contribution < 1.29 is 9.90 Å². The molecule has 29 heavy (non-hydrogen) atoms. The molecule has 1 fully saturated rings. The number of carbonyl (C=O) groups excluding carboxylic acids is 1. The van der Waals surface area contributed by atoms with Crippen LogP contribution >= 0.6 is 11.3 Å². The Morgan fingerprint density at radius 2 is 1.97 bits per heavy atom. The highest BCUT2D eigenvalue weighted by atomic mass is 32.1. The van der Waals surface area contributed by atoms with E-state index in [4.69, 9.17) is 0 Å². The fourth-order valence-corrected chi connectivity index (χ4v) is 4.24. The number of nitrogens with one attached hydrogen (secondary N) is 3. The molecule has 1 amide bonds. The van der Waals surface area contributed by atoms with E-state index in [-0.39, 0.29) is 18.2 Å². The van der Waals surface area contributed by atoms with Crippen molar-refractivity contribution in [1.82, 2.24) is 15.5 Å². The third-order valence-electron chi connectivity index (χ3n) is 4.79. The number of benzene rings is 1. The van der Waals surface area contributed by atoms with Crippen molar-refractivity contribution in [3.8, 4) is 5.75 Å². The summed E-state index contributed by atoms with van der Waals surface area (Å²) >= 11 is 1.78. The van der Waals surface area contributed by atoms with Crippen molar-refractivity contribution >= 4 is 28.9 Å². The van der Waals surface area contributed by atoms with E-state index in [1.807, 2.05) is 6.92 Å². The number of likely N-dealkylation sites (tertiary alicyclic amines) is 1. The summed E-state index contributed by atoms with van der Waals surface area (Å²) in [5.41, 5.74) is 0.632. The summed E-state index contributed by atoms with van der Waals surface area (Å²) in [7, 11) is 0. The zero-order valence-corrected chi connectivity index (χ0v) is 17.5. The average Bonchev–Trinajstić information content (AvgIpc) is 3.43. The highest BCUT2D eigenvalue weighted by molar-refractivity contribution is 7.10. The van der Waals surface area contributed by atoms with Gasteiger partial charge in [0.15, 0.2) is 5.96 Å². The van der Waals surface area contributed by atoms with Gasteiger partial charge in [-0.1, -0.05) is 6.07 Å². The van der Waals surface area contributed by atoms with Crippen LogP contribution in [-0.2, 0) is 4.79 Å².